The Bertz CT molecular complexity index is 1380. The summed E-state index contributed by atoms with van der Waals surface area (Å²) in [5, 5.41) is 12.5. The van der Waals surface area contributed by atoms with Crippen LogP contribution in [0.3, 0.4) is 0 Å². The van der Waals surface area contributed by atoms with E-state index >= 15 is 0 Å². The van der Waals surface area contributed by atoms with Gasteiger partial charge in [0.1, 0.15) is 12.1 Å². The van der Waals surface area contributed by atoms with Gasteiger partial charge in [-0.1, -0.05) is 65.7 Å². The number of nitrogens with one attached hydrogen (secondary N) is 4. The van der Waals surface area contributed by atoms with E-state index in [0.29, 0.717) is 25.8 Å². The van der Waals surface area contributed by atoms with Crippen LogP contribution in [0.5, 0.6) is 0 Å². The Morgan fingerprint density at radius 1 is 0.863 bits per heavy atom. The maximum absolute atomic E-state index is 14.9. The highest BCUT2D eigenvalue weighted by molar-refractivity contribution is 7.92. The van der Waals surface area contributed by atoms with Gasteiger partial charge in [0.25, 0.3) is 0 Å². The van der Waals surface area contributed by atoms with Crippen LogP contribution < -0.4 is 21.3 Å². The summed E-state index contributed by atoms with van der Waals surface area (Å²) < 4.78 is 25.9. The van der Waals surface area contributed by atoms with Crippen molar-refractivity contribution in [3.05, 3.63) is 0 Å². The van der Waals surface area contributed by atoms with Gasteiger partial charge in [0.15, 0.2) is 9.84 Å². The van der Waals surface area contributed by atoms with Crippen LogP contribution in [0.1, 0.15) is 151 Å². The lowest BCUT2D eigenvalue weighted by atomic mass is 9.79. The van der Waals surface area contributed by atoms with Crippen LogP contribution in [0.4, 0.5) is 4.79 Å². The van der Waals surface area contributed by atoms with E-state index in [1.807, 2.05) is 6.92 Å². The number of fused-ring (bicyclic) bond motifs is 1. The van der Waals surface area contributed by atoms with Gasteiger partial charge in [-0.05, 0) is 102 Å². The third-order valence-corrected chi connectivity index (χ3v) is 15.7. The molecule has 4 N–H and O–H groups in total. The third kappa shape index (κ3) is 9.60. The molecule has 0 radical (unpaired) electrons. The zero-order valence-corrected chi connectivity index (χ0v) is 33.1. The van der Waals surface area contributed by atoms with Crippen LogP contribution >= 0.6 is 0 Å². The van der Waals surface area contributed by atoms with Gasteiger partial charge < -0.3 is 26.2 Å². The first-order valence-corrected chi connectivity index (χ1v) is 21.8. The van der Waals surface area contributed by atoms with Crippen molar-refractivity contribution in [1.82, 2.24) is 26.2 Å². The maximum atomic E-state index is 14.9. The minimum absolute atomic E-state index is 0.000428. The molecule has 4 aliphatic carbocycles. The predicted octanol–water partition coefficient (Wildman–Crippen LogP) is 5.37. The second-order valence-electron chi connectivity index (χ2n) is 18.5. The summed E-state index contributed by atoms with van der Waals surface area (Å²) in [4.78, 5) is 57.9. The minimum Gasteiger partial charge on any atom is -0.353 e. The molecule has 1 heterocycles. The Balaban J connectivity index is 1.38. The number of amides is 5. The fraction of sp³-hybridized carbons (Fsp3) is 0.897. The van der Waals surface area contributed by atoms with Crippen molar-refractivity contribution in [2.24, 2.45) is 23.2 Å². The zero-order chi connectivity index (χ0) is 37.2. The molecule has 5 amide bonds. The second-order valence-corrected chi connectivity index (χ2v) is 21.2. The molecule has 5 fully saturated rings. The van der Waals surface area contributed by atoms with Gasteiger partial charge in [0.2, 0.25) is 17.7 Å². The van der Waals surface area contributed by atoms with E-state index in [4.69, 9.17) is 0 Å². The Kier molecular flexibility index (Phi) is 12.4. The van der Waals surface area contributed by atoms with Gasteiger partial charge >= 0.3 is 6.03 Å². The van der Waals surface area contributed by atoms with Gasteiger partial charge in [0.05, 0.1) is 16.0 Å². The zero-order valence-electron chi connectivity index (χ0n) is 32.3. The Morgan fingerprint density at radius 2 is 1.51 bits per heavy atom. The van der Waals surface area contributed by atoms with Crippen LogP contribution in [0.2, 0.25) is 0 Å². The summed E-state index contributed by atoms with van der Waals surface area (Å²) in [5.74, 6) is -0.534. The topological polar surface area (TPSA) is 154 Å². The molecule has 1 unspecified atom stereocenters. The fourth-order valence-corrected chi connectivity index (χ4v) is 11.1. The Morgan fingerprint density at radius 3 is 2.12 bits per heavy atom. The lowest BCUT2D eigenvalue weighted by Gasteiger charge is -2.41. The number of rotatable bonds is 13. The highest BCUT2D eigenvalue weighted by Crippen LogP contribution is 2.53. The molecule has 11 nitrogen and oxygen atoms in total. The molecule has 0 bridgehead atoms. The summed E-state index contributed by atoms with van der Waals surface area (Å²) >= 11 is 0. The molecular formula is C39H67N5O6S. The van der Waals surface area contributed by atoms with E-state index in [2.05, 4.69) is 35.1 Å². The Hall–Kier alpha value is -2.37. The molecule has 0 spiro atoms. The van der Waals surface area contributed by atoms with Crippen molar-refractivity contribution < 1.29 is 27.6 Å². The second kappa shape index (κ2) is 15.9. The van der Waals surface area contributed by atoms with E-state index in [1.54, 1.807) is 25.7 Å². The molecular weight excluding hydrogens is 667 g/mol. The van der Waals surface area contributed by atoms with E-state index in [9.17, 15) is 27.6 Å². The number of nitrogens with zero attached hydrogens (tertiary/aromatic N) is 1. The van der Waals surface area contributed by atoms with Crippen molar-refractivity contribution in [2.45, 2.75) is 185 Å². The van der Waals surface area contributed by atoms with Crippen molar-refractivity contribution in [1.29, 1.82) is 0 Å². The molecule has 12 heteroatoms. The summed E-state index contributed by atoms with van der Waals surface area (Å²) in [5.41, 5.74) is -0.936. The van der Waals surface area contributed by atoms with E-state index in [0.717, 1.165) is 83.5 Å². The monoisotopic (exact) mass is 733 g/mol. The van der Waals surface area contributed by atoms with Gasteiger partial charge in [0, 0.05) is 25.0 Å². The van der Waals surface area contributed by atoms with Crippen LogP contribution in [0, 0.1) is 23.2 Å². The first kappa shape index (κ1) is 39.8. The molecule has 0 aromatic carbocycles. The predicted molar refractivity (Wildman–Crippen MR) is 200 cm³/mol. The highest BCUT2D eigenvalue weighted by atomic mass is 32.2. The fourth-order valence-electron chi connectivity index (χ4n) is 9.54. The first-order valence-electron chi connectivity index (χ1n) is 20.2. The number of carbonyl (C=O) groups excluding carboxylic acids is 4. The number of hydrogen-bond donors (Lipinski definition) is 4. The molecule has 5 rings (SSSR count). The van der Waals surface area contributed by atoms with Crippen molar-refractivity contribution in [3.8, 4) is 0 Å². The summed E-state index contributed by atoms with van der Waals surface area (Å²) in [7, 11) is -3.53. The van der Waals surface area contributed by atoms with Gasteiger partial charge in [-0.2, -0.15) is 0 Å². The molecule has 1 aliphatic heterocycles. The normalized spacial score (nSPS) is 27.6. The number of carbonyl (C=O) groups is 4. The summed E-state index contributed by atoms with van der Waals surface area (Å²) in [6, 6.07) is -2.07. The summed E-state index contributed by atoms with van der Waals surface area (Å²) in [6.07, 6.45) is 13.9. The van der Waals surface area contributed by atoms with Crippen LogP contribution in [-0.4, -0.2) is 83.8 Å². The molecule has 51 heavy (non-hydrogen) atoms. The van der Waals surface area contributed by atoms with E-state index in [1.165, 1.54) is 0 Å². The Labute approximate surface area is 307 Å². The molecule has 5 aliphatic rings. The lowest BCUT2D eigenvalue weighted by molar-refractivity contribution is -0.142. The average molecular weight is 734 g/mol. The molecule has 0 aromatic heterocycles. The first-order chi connectivity index (χ1) is 24.0. The molecule has 1 saturated heterocycles. The lowest BCUT2D eigenvalue weighted by Crippen LogP contribution is -2.63. The average Bonchev–Trinajstić information content (AvgIpc) is 3.69. The standard InChI is InChI=1S/C39H67N5O6S/c1-7-14-28(23-31(45)40-27-17-18-27)41-34(46)33-29-19-22-38(5,6)30(29)24-44(33)35(47)32(26-15-10-8-11-16-26)42-36(48)43-39(20-12-9-13-21-39)25-51(49,50)37(2,3)4/h26-30,32-33H,7-25H2,1-6H3,(H,40,45)(H,41,46)(H2,42,43,48)/t28?,29-,30-,32-,33-/m0/s1. The number of likely N-dealkylation sites (tertiary alicyclic amines) is 1. The van der Waals surface area contributed by atoms with Crippen molar-refractivity contribution in [2.75, 3.05) is 12.3 Å². The number of hydrogen-bond acceptors (Lipinski definition) is 6. The maximum Gasteiger partial charge on any atom is 0.315 e. The SMILES string of the molecule is CCCC(CC(=O)NC1CC1)NC(=O)[C@@H]1[C@H]2CCC(C)(C)[C@H]2CN1C(=O)[C@@H](NC(=O)NC1(CS(=O)(=O)C(C)(C)C)CCCCC1)C1CCCCC1. The quantitative estimate of drug-likeness (QED) is 0.200. The van der Waals surface area contributed by atoms with E-state index in [-0.39, 0.29) is 65.1 Å². The smallest absolute Gasteiger partial charge is 0.315 e. The molecule has 290 valence electrons. The van der Waals surface area contributed by atoms with Crippen LogP contribution in [-0.2, 0) is 24.2 Å². The van der Waals surface area contributed by atoms with Gasteiger partial charge in [-0.25, -0.2) is 13.2 Å². The molecule has 5 atom stereocenters. The minimum atomic E-state index is -3.53. The van der Waals surface area contributed by atoms with Gasteiger partial charge in [-0.15, -0.1) is 0 Å². The summed E-state index contributed by atoms with van der Waals surface area (Å²) in [6.45, 7) is 12.0. The largest absolute Gasteiger partial charge is 0.353 e. The third-order valence-electron chi connectivity index (χ3n) is 12.9. The number of urea groups is 1. The highest BCUT2D eigenvalue weighted by Gasteiger charge is 2.57. The molecule has 4 saturated carbocycles. The van der Waals surface area contributed by atoms with Crippen LogP contribution in [0.25, 0.3) is 0 Å². The van der Waals surface area contributed by atoms with Crippen molar-refractivity contribution >= 4 is 33.6 Å². The van der Waals surface area contributed by atoms with Crippen molar-refractivity contribution in [3.63, 3.8) is 0 Å². The van der Waals surface area contributed by atoms with Gasteiger partial charge in [-0.3, -0.25) is 14.4 Å². The van der Waals surface area contributed by atoms with E-state index < -0.39 is 38.2 Å². The number of sulfone groups is 1. The molecule has 0 aromatic rings. The van der Waals surface area contributed by atoms with Crippen LogP contribution in [0.15, 0.2) is 0 Å².